The van der Waals surface area contributed by atoms with Gasteiger partial charge in [-0.3, -0.25) is 0 Å². The average molecular weight is 258 g/mol. The molecule has 18 heavy (non-hydrogen) atoms. The summed E-state index contributed by atoms with van der Waals surface area (Å²) < 4.78 is 11.6. The Bertz CT molecular complexity index is 607. The van der Waals surface area contributed by atoms with Gasteiger partial charge in [-0.2, -0.15) is 10.2 Å². The van der Waals surface area contributed by atoms with Crippen molar-refractivity contribution >= 4 is 17.1 Å². The van der Waals surface area contributed by atoms with Gasteiger partial charge in [0.05, 0.1) is 5.69 Å². The summed E-state index contributed by atoms with van der Waals surface area (Å²) in [6.45, 7) is 0. The molecule has 0 spiro atoms. The molecule has 0 aliphatic rings. The third kappa shape index (κ3) is 2.27. The smallest absolute Gasteiger partial charge is 0.267 e. The number of benzene rings is 1. The van der Waals surface area contributed by atoms with Crippen LogP contribution in [0.4, 0.5) is 5.95 Å². The largest absolute Gasteiger partial charge is 0.610 e. The minimum absolute atomic E-state index is 0.0121. The highest BCUT2D eigenvalue weighted by Crippen LogP contribution is 2.25. The van der Waals surface area contributed by atoms with E-state index in [0.717, 1.165) is 5.56 Å². The fourth-order valence-corrected chi connectivity index (χ4v) is 2.22. The average Bonchev–Trinajstić information content (AvgIpc) is 2.38. The van der Waals surface area contributed by atoms with E-state index in [2.05, 4.69) is 9.97 Å². The van der Waals surface area contributed by atoms with Gasteiger partial charge in [0.15, 0.2) is 5.56 Å². The second-order valence-electron chi connectivity index (χ2n) is 3.54. The van der Waals surface area contributed by atoms with Crippen molar-refractivity contribution in [1.29, 1.82) is 5.26 Å². The lowest BCUT2D eigenvalue weighted by Gasteiger charge is -2.09. The molecule has 0 bridgehead atoms. The Labute approximate surface area is 107 Å². The lowest BCUT2D eigenvalue weighted by Crippen LogP contribution is -2.10. The molecule has 0 radical (unpaired) electrons. The van der Waals surface area contributed by atoms with Crippen LogP contribution >= 0.6 is 0 Å². The minimum Gasteiger partial charge on any atom is -0.610 e. The second-order valence-corrected chi connectivity index (χ2v) is 4.84. The summed E-state index contributed by atoms with van der Waals surface area (Å²) in [5.74, 6) is 0.0121. The molecular formula is C12H10N4OS. The summed E-state index contributed by atoms with van der Waals surface area (Å²) in [6, 6.07) is 11.1. The van der Waals surface area contributed by atoms with Crippen molar-refractivity contribution in [2.24, 2.45) is 0 Å². The highest BCUT2D eigenvalue weighted by molar-refractivity contribution is 7.90. The number of nitrogens with two attached hydrogens (primary N) is 1. The molecule has 0 aliphatic heterocycles. The molecule has 0 fully saturated rings. The Kier molecular flexibility index (Phi) is 3.46. The van der Waals surface area contributed by atoms with E-state index in [1.807, 2.05) is 36.4 Å². The zero-order valence-corrected chi connectivity index (χ0v) is 10.4. The van der Waals surface area contributed by atoms with E-state index in [1.165, 1.54) is 6.26 Å². The third-order valence-electron chi connectivity index (χ3n) is 2.32. The van der Waals surface area contributed by atoms with Gasteiger partial charge < -0.3 is 10.3 Å². The minimum atomic E-state index is -1.39. The molecule has 0 amide bonds. The maximum Gasteiger partial charge on any atom is 0.267 e. The fraction of sp³-hybridized carbons (Fsp3) is 0.0833. The van der Waals surface area contributed by atoms with Crippen LogP contribution in [0.3, 0.4) is 0 Å². The molecule has 1 aromatic heterocycles. The number of hydrogen-bond acceptors (Lipinski definition) is 5. The van der Waals surface area contributed by atoms with E-state index in [-0.39, 0.29) is 16.5 Å². The SMILES string of the molecule is C[S+]([O-])c1nc(N)nc(-c2ccccc2)c1C#N. The van der Waals surface area contributed by atoms with Crippen molar-refractivity contribution in [1.82, 2.24) is 9.97 Å². The van der Waals surface area contributed by atoms with Gasteiger partial charge in [-0.05, 0) is 0 Å². The molecule has 0 saturated carbocycles. The predicted octanol–water partition coefficient (Wildman–Crippen LogP) is 1.33. The summed E-state index contributed by atoms with van der Waals surface area (Å²) in [7, 11) is 0. The Morgan fingerprint density at radius 3 is 2.50 bits per heavy atom. The van der Waals surface area contributed by atoms with Gasteiger partial charge in [-0.25, -0.2) is 4.98 Å². The highest BCUT2D eigenvalue weighted by atomic mass is 32.2. The molecule has 90 valence electrons. The highest BCUT2D eigenvalue weighted by Gasteiger charge is 2.21. The number of hydrogen-bond donors (Lipinski definition) is 1. The van der Waals surface area contributed by atoms with Crippen LogP contribution in [-0.2, 0) is 11.2 Å². The van der Waals surface area contributed by atoms with Gasteiger partial charge in [0, 0.05) is 16.7 Å². The third-order valence-corrected chi connectivity index (χ3v) is 3.16. The zero-order valence-electron chi connectivity index (χ0n) is 9.62. The van der Waals surface area contributed by atoms with Crippen LogP contribution in [0.2, 0.25) is 0 Å². The van der Waals surface area contributed by atoms with E-state index >= 15 is 0 Å². The zero-order chi connectivity index (χ0) is 13.1. The molecule has 1 aromatic carbocycles. The lowest BCUT2D eigenvalue weighted by atomic mass is 10.1. The molecule has 1 atom stereocenters. The van der Waals surface area contributed by atoms with E-state index in [0.29, 0.717) is 5.69 Å². The number of anilines is 1. The van der Waals surface area contributed by atoms with Crippen molar-refractivity contribution in [2.45, 2.75) is 5.03 Å². The van der Waals surface area contributed by atoms with Gasteiger partial charge in [0.25, 0.3) is 5.03 Å². The number of nitriles is 1. The summed E-state index contributed by atoms with van der Waals surface area (Å²) >= 11 is -1.39. The summed E-state index contributed by atoms with van der Waals surface area (Å²) in [5, 5.41) is 9.37. The van der Waals surface area contributed by atoms with Gasteiger partial charge in [0.2, 0.25) is 5.95 Å². The van der Waals surface area contributed by atoms with Crippen LogP contribution in [0.15, 0.2) is 35.4 Å². The molecule has 0 saturated heterocycles. The molecule has 2 rings (SSSR count). The van der Waals surface area contributed by atoms with Gasteiger partial charge >= 0.3 is 0 Å². The number of rotatable bonds is 2. The topological polar surface area (TPSA) is 98.7 Å². The van der Waals surface area contributed by atoms with E-state index in [1.54, 1.807) is 0 Å². The van der Waals surface area contributed by atoms with Crippen LogP contribution in [0.25, 0.3) is 11.3 Å². The quantitative estimate of drug-likeness (QED) is 0.647. The van der Waals surface area contributed by atoms with Gasteiger partial charge in [-0.1, -0.05) is 30.3 Å². The van der Waals surface area contributed by atoms with Crippen molar-refractivity contribution in [3.63, 3.8) is 0 Å². The first-order valence-electron chi connectivity index (χ1n) is 5.10. The van der Waals surface area contributed by atoms with Crippen molar-refractivity contribution in [2.75, 3.05) is 12.0 Å². The van der Waals surface area contributed by atoms with Crippen LogP contribution in [0, 0.1) is 11.3 Å². The Hall–Kier alpha value is -2.10. The molecular weight excluding hydrogens is 248 g/mol. The number of nitrogens with zero attached hydrogens (tertiary/aromatic N) is 3. The number of nitrogen functional groups attached to an aromatic ring is 1. The summed E-state index contributed by atoms with van der Waals surface area (Å²) in [5.41, 5.74) is 6.95. The fourth-order valence-electron chi connectivity index (χ4n) is 1.57. The van der Waals surface area contributed by atoms with E-state index in [4.69, 9.17) is 5.73 Å². The molecule has 2 aromatic rings. The molecule has 0 aliphatic carbocycles. The van der Waals surface area contributed by atoms with Crippen LogP contribution in [0.5, 0.6) is 0 Å². The summed E-state index contributed by atoms with van der Waals surface area (Å²) in [4.78, 5) is 7.94. The molecule has 1 heterocycles. The molecule has 2 N–H and O–H groups in total. The Morgan fingerprint density at radius 1 is 1.28 bits per heavy atom. The van der Waals surface area contributed by atoms with Crippen LogP contribution < -0.4 is 5.73 Å². The first-order valence-corrected chi connectivity index (χ1v) is 6.65. The predicted molar refractivity (Wildman–Crippen MR) is 68.9 cm³/mol. The second kappa shape index (κ2) is 5.04. The van der Waals surface area contributed by atoms with E-state index < -0.39 is 11.2 Å². The maximum atomic E-state index is 11.6. The molecule has 5 nitrogen and oxygen atoms in total. The Balaban J connectivity index is 2.72. The lowest BCUT2D eigenvalue weighted by molar-refractivity contribution is 0.596. The molecule has 6 heteroatoms. The number of aromatic nitrogens is 2. The van der Waals surface area contributed by atoms with E-state index in [9.17, 15) is 9.81 Å². The normalized spacial score (nSPS) is 11.8. The Morgan fingerprint density at radius 2 is 1.94 bits per heavy atom. The monoisotopic (exact) mass is 258 g/mol. The van der Waals surface area contributed by atoms with Crippen molar-refractivity contribution in [3.05, 3.63) is 35.9 Å². The van der Waals surface area contributed by atoms with Gasteiger partial charge in [-0.15, -0.1) is 0 Å². The maximum absolute atomic E-state index is 11.6. The summed E-state index contributed by atoms with van der Waals surface area (Å²) in [6.07, 6.45) is 1.46. The first-order chi connectivity index (χ1) is 8.63. The van der Waals surface area contributed by atoms with Crippen LogP contribution in [-0.4, -0.2) is 20.8 Å². The van der Waals surface area contributed by atoms with Crippen molar-refractivity contribution in [3.8, 4) is 17.3 Å². The first kappa shape index (κ1) is 12.4. The van der Waals surface area contributed by atoms with Crippen LogP contribution in [0.1, 0.15) is 5.56 Å². The van der Waals surface area contributed by atoms with Gasteiger partial charge in [0.1, 0.15) is 12.3 Å². The standard InChI is InChI=1S/C12H10N4OS/c1-18(17)11-9(7-13)10(15-12(14)16-11)8-5-3-2-4-6-8/h2-6H,1H3,(H2,14,15,16). The van der Waals surface area contributed by atoms with Crippen molar-refractivity contribution < 1.29 is 4.55 Å². The molecule has 1 unspecified atom stereocenters.